The van der Waals surface area contributed by atoms with Gasteiger partial charge in [0.1, 0.15) is 23.1 Å². The van der Waals surface area contributed by atoms with Gasteiger partial charge in [0.15, 0.2) is 0 Å². The van der Waals surface area contributed by atoms with Crippen molar-refractivity contribution < 1.29 is 63.3 Å². The summed E-state index contributed by atoms with van der Waals surface area (Å²) in [6.45, 7) is 12.9. The SMILES string of the molecule is [2H]C([2H])([2H])c1cc(-c2cc(C(C)C)cc(C([2H])(C)C)c2)ccc1-n1c(-c2ccccc2O)nc2c(-c3[c-]c(-c4cc(-c5ccc(C)cc5)ccn4)cc(-c4ccccc4)c3)cccc21.[2H]C([2H])([2H])c1cc(-c2cc(C(C)C)cc(C([2H])(C)C)c2)ccc1-n1c(-c2ccccc2O)nc2c(-c3[c-]c(-c4cc(-c5ccccc5)ccn4)cc(-c4ccccc4)c3)cccc21.[Pt].[Pt]. The molecule has 0 amide bonds. The van der Waals surface area contributed by atoms with Gasteiger partial charge in [0.05, 0.1) is 44.6 Å². The van der Waals surface area contributed by atoms with Crippen LogP contribution in [-0.4, -0.2) is 39.3 Å². The maximum absolute atomic E-state index is 11.4. The summed E-state index contributed by atoms with van der Waals surface area (Å²) < 4.78 is 75.0. The zero-order valence-corrected chi connectivity index (χ0v) is 73.2. The predicted molar refractivity (Wildman–Crippen MR) is 495 cm³/mol. The van der Waals surface area contributed by atoms with E-state index in [1.807, 2.05) is 201 Å². The predicted octanol–water partition coefficient (Wildman–Crippen LogP) is 29.3. The van der Waals surface area contributed by atoms with Gasteiger partial charge in [-0.25, -0.2) is 9.97 Å². The fourth-order valence-electron chi connectivity index (χ4n) is 15.7. The van der Waals surface area contributed by atoms with E-state index >= 15 is 0 Å². The first-order valence-corrected chi connectivity index (χ1v) is 40.4. The Hall–Kier alpha value is -12.7. The summed E-state index contributed by atoms with van der Waals surface area (Å²) in [5, 5.41) is 22.7. The number of hydrogen-bond acceptors (Lipinski definition) is 6. The molecule has 0 spiro atoms. The molecule has 0 unspecified atom stereocenters. The first kappa shape index (κ1) is 73.4. The summed E-state index contributed by atoms with van der Waals surface area (Å²) in [5.41, 5.74) is 27.3. The Morgan fingerprint density at radius 3 is 1.04 bits per heavy atom. The van der Waals surface area contributed by atoms with Gasteiger partial charge in [0.25, 0.3) is 0 Å². The molecule has 2 N–H and O–H groups in total. The number of benzene rings is 14. The van der Waals surface area contributed by atoms with E-state index in [4.69, 9.17) is 30.9 Å². The van der Waals surface area contributed by atoms with Crippen molar-refractivity contribution in [3.05, 3.63) is 385 Å². The summed E-state index contributed by atoms with van der Waals surface area (Å²) >= 11 is 0. The van der Waals surface area contributed by atoms with Crippen molar-refractivity contribution in [1.82, 2.24) is 29.1 Å². The summed E-state index contributed by atoms with van der Waals surface area (Å²) in [5.74, 6) is -0.474. The summed E-state index contributed by atoms with van der Waals surface area (Å²) in [7, 11) is 0. The van der Waals surface area contributed by atoms with Crippen LogP contribution in [0.4, 0.5) is 0 Å². The number of imidazole rings is 2. The molecule has 0 atom stereocenters. The molecule has 0 radical (unpaired) electrons. The van der Waals surface area contributed by atoms with Gasteiger partial charge in [-0.3, -0.25) is 19.1 Å². The van der Waals surface area contributed by atoms with Gasteiger partial charge in [-0.15, -0.1) is 47.5 Å². The van der Waals surface area contributed by atoms with Gasteiger partial charge >= 0.3 is 0 Å². The number of nitrogens with zero attached hydrogens (tertiary/aromatic N) is 6. The van der Waals surface area contributed by atoms with Crippen molar-refractivity contribution in [2.75, 3.05) is 0 Å². The van der Waals surface area contributed by atoms with E-state index in [0.717, 1.165) is 134 Å². The number of aryl methyl sites for hydroxylation is 3. The first-order valence-electron chi connectivity index (χ1n) is 44.4. The molecule has 602 valence electrons. The molecule has 0 aliphatic carbocycles. The van der Waals surface area contributed by atoms with Crippen LogP contribution in [0.1, 0.15) is 129 Å². The van der Waals surface area contributed by atoms with Crippen LogP contribution in [0.3, 0.4) is 0 Å². The smallest absolute Gasteiger partial charge is 0.148 e. The van der Waals surface area contributed by atoms with Gasteiger partial charge in [0.2, 0.25) is 0 Å². The van der Waals surface area contributed by atoms with E-state index in [-0.39, 0.29) is 76.6 Å². The third-order valence-corrected chi connectivity index (χ3v) is 22.3. The second-order valence-electron chi connectivity index (χ2n) is 31.6. The van der Waals surface area contributed by atoms with E-state index in [0.29, 0.717) is 56.2 Å². The topological polar surface area (TPSA) is 102 Å². The standard InChI is InChI=1S/C56H48N3O.C55H46N3O.2Pt/c1-35(2)43-28-44(36(3)4)30-46(29-43)41-23-24-52(38(6)27-41)59-53-17-12-16-49(55(53)58-56(59)50-15-10-11-18-54(50)60)47-31-45(39-13-8-7-9-14-39)32-48(33-47)51-34-42(25-26-57-51)40-21-19-37(5)20-22-40;1-35(2)42-28-43(36(3)4)30-45(29-42)40-23-24-51(37(5)27-40)58-52-21-14-20-48(54(52)57-55(58)49-19-12-13-22-53(49)59)46-31-44(39-17-10-7-11-18-39)32-47(33-46)50-34-41(25-26-56-50)38-15-8-6-9-16-38;;/h7-32,34-36,60H,1-6H3;6-32,34-36,59H,1-5H3;;/q2*-1;;/i6D3,35D;5D3,35D;;. The zero-order valence-electron chi connectivity index (χ0n) is 76.6. The molecule has 0 aliphatic rings. The molecular weight excluding hydrogens is 1840 g/mol. The number of phenolic OH excluding ortho intramolecular Hbond substituents is 2. The minimum absolute atomic E-state index is 0. The normalized spacial score (nSPS) is 12.7. The molecule has 0 saturated heterocycles. The Labute approximate surface area is 750 Å². The van der Waals surface area contributed by atoms with Gasteiger partial charge in [0, 0.05) is 76.9 Å². The van der Waals surface area contributed by atoms with Crippen LogP contribution in [0.15, 0.2) is 334 Å². The average Bonchev–Trinajstić information content (AvgIpc) is 1.59. The first-order chi connectivity index (χ1) is 60.8. The van der Waals surface area contributed by atoms with Crippen molar-refractivity contribution in [1.29, 1.82) is 0 Å². The molecular formula is C111H94N6O2Pt2-2. The number of pyridine rings is 2. The second-order valence-corrected chi connectivity index (χ2v) is 31.6. The van der Waals surface area contributed by atoms with Crippen LogP contribution in [0, 0.1) is 32.8 Å². The van der Waals surface area contributed by atoms with E-state index in [2.05, 4.69) is 168 Å². The van der Waals surface area contributed by atoms with Crippen LogP contribution in [-0.2, 0) is 42.1 Å². The molecule has 121 heavy (non-hydrogen) atoms. The number of aromatic nitrogens is 6. The number of fused-ring (bicyclic) bond motifs is 2. The van der Waals surface area contributed by atoms with Gasteiger partial charge in [-0.2, -0.15) is 0 Å². The van der Waals surface area contributed by atoms with Crippen LogP contribution in [0.2, 0.25) is 0 Å². The Kier molecular flexibility index (Phi) is 21.9. The third kappa shape index (κ3) is 17.4. The monoisotopic (exact) mass is 1940 g/mol. The van der Waals surface area contributed by atoms with Crippen LogP contribution in [0.5, 0.6) is 11.5 Å². The van der Waals surface area contributed by atoms with Gasteiger partial charge in [-0.05, 0) is 206 Å². The number of para-hydroxylation sites is 4. The molecule has 8 nitrogen and oxygen atoms in total. The van der Waals surface area contributed by atoms with Crippen molar-refractivity contribution in [3.8, 4) is 157 Å². The van der Waals surface area contributed by atoms with Crippen LogP contribution >= 0.6 is 0 Å². The quantitative estimate of drug-likeness (QED) is 0.0830. The van der Waals surface area contributed by atoms with Gasteiger partial charge in [-0.1, -0.05) is 319 Å². The molecule has 0 aliphatic heterocycles. The molecule has 18 rings (SSSR count). The number of aromatic hydroxyl groups is 2. The fraction of sp³-hybridized carbons (Fsp3) is 0.135. The molecule has 4 aromatic heterocycles. The summed E-state index contributed by atoms with van der Waals surface area (Å²) in [6.07, 6.45) is 3.66. The molecule has 18 aromatic rings. The zero-order chi connectivity index (χ0) is 89.0. The van der Waals surface area contributed by atoms with Gasteiger partial charge < -0.3 is 10.2 Å². The molecule has 0 fully saturated rings. The van der Waals surface area contributed by atoms with E-state index in [1.54, 1.807) is 48.5 Å². The second kappa shape index (κ2) is 36.1. The van der Waals surface area contributed by atoms with Crippen molar-refractivity contribution in [2.45, 2.75) is 99.6 Å². The Balaban J connectivity index is 0.000000195. The molecule has 14 aromatic carbocycles. The number of hydrogen-bond donors (Lipinski definition) is 2. The Morgan fingerprint density at radius 2 is 0.653 bits per heavy atom. The number of phenols is 2. The minimum atomic E-state index is -2.53. The minimum Gasteiger partial charge on any atom is -0.507 e. The maximum atomic E-state index is 11.4. The van der Waals surface area contributed by atoms with E-state index in [1.165, 1.54) is 5.56 Å². The third-order valence-electron chi connectivity index (χ3n) is 22.3. The van der Waals surface area contributed by atoms with E-state index in [9.17, 15) is 10.2 Å². The average molecular weight is 1940 g/mol. The van der Waals surface area contributed by atoms with E-state index < -0.39 is 25.5 Å². The number of rotatable bonds is 18. The summed E-state index contributed by atoms with van der Waals surface area (Å²) in [4.78, 5) is 20.3. The van der Waals surface area contributed by atoms with Crippen LogP contribution in [0.25, 0.3) is 168 Å². The van der Waals surface area contributed by atoms with Crippen LogP contribution < -0.4 is 0 Å². The molecule has 0 bridgehead atoms. The Bertz CT molecular complexity index is 7180. The maximum Gasteiger partial charge on any atom is 0.148 e. The van der Waals surface area contributed by atoms with Crippen molar-refractivity contribution in [3.63, 3.8) is 0 Å². The molecule has 4 heterocycles. The summed E-state index contributed by atoms with van der Waals surface area (Å²) in [6, 6.07) is 112. The van der Waals surface area contributed by atoms with Crippen molar-refractivity contribution in [2.24, 2.45) is 0 Å². The largest absolute Gasteiger partial charge is 0.507 e. The molecule has 10 heteroatoms. The van der Waals surface area contributed by atoms with Crippen molar-refractivity contribution >= 4 is 22.1 Å². The fourth-order valence-corrected chi connectivity index (χ4v) is 15.7. The Morgan fingerprint density at radius 1 is 0.314 bits per heavy atom. The molecule has 0 saturated carbocycles.